The summed E-state index contributed by atoms with van der Waals surface area (Å²) in [4.78, 5) is 17.5. The fourth-order valence-electron chi connectivity index (χ4n) is 1.01. The number of nitrogens with two attached hydrogens (primary N) is 1. The van der Waals surface area contributed by atoms with E-state index in [9.17, 15) is 4.79 Å². The number of H-pyrrole nitrogens is 1. The van der Waals surface area contributed by atoms with Gasteiger partial charge in [0.15, 0.2) is 5.69 Å². The Hall–Kier alpha value is -1.56. The third kappa shape index (κ3) is 0.761. The van der Waals surface area contributed by atoms with E-state index in [1.54, 1.807) is 10.5 Å². The van der Waals surface area contributed by atoms with Crippen LogP contribution in [-0.4, -0.2) is 17.0 Å². The van der Waals surface area contributed by atoms with E-state index in [1.807, 2.05) is 7.05 Å². The summed E-state index contributed by atoms with van der Waals surface area (Å²) in [5.41, 5.74) is 4.87. The molecule has 1 aliphatic rings. The molecular weight excluding hydrogens is 146 g/mol. The van der Waals surface area contributed by atoms with E-state index in [-0.39, 0.29) is 5.56 Å². The minimum absolute atomic E-state index is 0.143. The SMILES string of the molecule is CN1[NH2+]Nc2c1nc[nH]c2=O. The number of aromatic amines is 1. The average molecular weight is 154 g/mol. The second-order valence-electron chi connectivity index (χ2n) is 2.31. The van der Waals surface area contributed by atoms with Crippen molar-refractivity contribution in [3.05, 3.63) is 16.7 Å². The third-order valence-corrected chi connectivity index (χ3v) is 1.57. The van der Waals surface area contributed by atoms with E-state index in [0.29, 0.717) is 11.5 Å². The lowest BCUT2D eigenvalue weighted by Crippen LogP contribution is -2.94. The average Bonchev–Trinajstić information content (AvgIpc) is 2.35. The zero-order valence-corrected chi connectivity index (χ0v) is 5.96. The van der Waals surface area contributed by atoms with Gasteiger partial charge in [0.1, 0.15) is 0 Å². The van der Waals surface area contributed by atoms with Crippen LogP contribution in [0, 0.1) is 0 Å². The maximum atomic E-state index is 11.1. The maximum absolute atomic E-state index is 11.1. The van der Waals surface area contributed by atoms with Gasteiger partial charge in [-0.15, -0.1) is 5.53 Å². The Labute approximate surface area is 62.2 Å². The molecule has 1 aromatic heterocycles. The van der Waals surface area contributed by atoms with Crippen LogP contribution >= 0.6 is 0 Å². The first kappa shape index (κ1) is 6.17. The van der Waals surface area contributed by atoms with Crippen LogP contribution < -0.4 is 21.5 Å². The first-order valence-corrected chi connectivity index (χ1v) is 3.19. The molecule has 0 radical (unpaired) electrons. The van der Waals surface area contributed by atoms with Crippen molar-refractivity contribution in [1.29, 1.82) is 0 Å². The quantitative estimate of drug-likeness (QED) is 0.379. The van der Waals surface area contributed by atoms with Gasteiger partial charge in [-0.1, -0.05) is 0 Å². The lowest BCUT2D eigenvalue weighted by molar-refractivity contribution is -0.628. The molecule has 0 fully saturated rings. The molecule has 0 aliphatic carbocycles. The molecule has 1 aromatic rings. The van der Waals surface area contributed by atoms with Crippen LogP contribution in [0.15, 0.2) is 11.1 Å². The standard InChI is InChI=1S/C5H7N5O/c1-10-4-3(8-9-10)5(11)7-2-6-4/h2,8-9H,1H3,(H,6,7,11)/p+1. The molecule has 0 saturated carbocycles. The van der Waals surface area contributed by atoms with Gasteiger partial charge in [0.25, 0.3) is 5.56 Å². The maximum Gasteiger partial charge on any atom is 0.281 e. The van der Waals surface area contributed by atoms with Crippen molar-refractivity contribution >= 4 is 11.5 Å². The highest BCUT2D eigenvalue weighted by atomic mass is 16.1. The predicted molar refractivity (Wildman–Crippen MR) is 38.8 cm³/mol. The third-order valence-electron chi connectivity index (χ3n) is 1.57. The van der Waals surface area contributed by atoms with E-state index < -0.39 is 0 Å². The van der Waals surface area contributed by atoms with E-state index in [0.717, 1.165) is 0 Å². The predicted octanol–water partition coefficient (Wildman–Crippen LogP) is -1.97. The molecule has 58 valence electrons. The van der Waals surface area contributed by atoms with Gasteiger partial charge in [-0.05, 0) is 0 Å². The molecule has 0 aromatic carbocycles. The minimum Gasteiger partial charge on any atom is -0.311 e. The summed E-state index contributed by atoms with van der Waals surface area (Å²) in [7, 11) is 1.82. The summed E-state index contributed by atoms with van der Waals surface area (Å²) >= 11 is 0. The second-order valence-corrected chi connectivity index (χ2v) is 2.31. The smallest absolute Gasteiger partial charge is 0.281 e. The molecule has 6 nitrogen and oxygen atoms in total. The summed E-state index contributed by atoms with van der Waals surface area (Å²) < 4.78 is 0. The summed E-state index contributed by atoms with van der Waals surface area (Å²) in [5, 5.41) is 1.75. The first-order valence-electron chi connectivity index (χ1n) is 3.19. The lowest BCUT2D eigenvalue weighted by Gasteiger charge is -2.01. The molecule has 2 heterocycles. The number of quaternary nitrogens is 1. The first-order chi connectivity index (χ1) is 5.29. The van der Waals surface area contributed by atoms with Crippen LogP contribution in [0.3, 0.4) is 0 Å². The number of rotatable bonds is 0. The number of hydrogen-bond acceptors (Lipinski definition) is 4. The van der Waals surface area contributed by atoms with Gasteiger partial charge in [0.05, 0.1) is 13.4 Å². The number of nitrogens with zero attached hydrogens (tertiary/aromatic N) is 2. The molecule has 1 aliphatic heterocycles. The van der Waals surface area contributed by atoms with Crippen molar-refractivity contribution < 1.29 is 5.53 Å². The monoisotopic (exact) mass is 154 g/mol. The summed E-state index contributed by atoms with van der Waals surface area (Å²) in [5.74, 6) is 0.661. The zero-order chi connectivity index (χ0) is 7.84. The molecule has 6 heteroatoms. The molecular formula is C5H8N5O+. The van der Waals surface area contributed by atoms with Crippen molar-refractivity contribution in [3.63, 3.8) is 0 Å². The highest BCUT2D eigenvalue weighted by molar-refractivity contribution is 5.62. The van der Waals surface area contributed by atoms with E-state index in [1.165, 1.54) is 6.33 Å². The highest BCUT2D eigenvalue weighted by Crippen LogP contribution is 2.14. The van der Waals surface area contributed by atoms with E-state index in [4.69, 9.17) is 0 Å². The van der Waals surface area contributed by atoms with Gasteiger partial charge >= 0.3 is 0 Å². The summed E-state index contributed by atoms with van der Waals surface area (Å²) in [6, 6.07) is 0. The normalized spacial score (nSPS) is 14.5. The Morgan fingerprint density at radius 1 is 1.73 bits per heavy atom. The van der Waals surface area contributed by atoms with Crippen molar-refractivity contribution in [2.75, 3.05) is 17.5 Å². The molecule has 0 saturated heterocycles. The molecule has 0 atom stereocenters. The Morgan fingerprint density at radius 2 is 2.55 bits per heavy atom. The summed E-state index contributed by atoms with van der Waals surface area (Å²) in [6.45, 7) is 0. The van der Waals surface area contributed by atoms with Gasteiger partial charge in [0, 0.05) is 0 Å². The van der Waals surface area contributed by atoms with Crippen molar-refractivity contribution in [2.45, 2.75) is 0 Å². The van der Waals surface area contributed by atoms with Gasteiger partial charge in [-0.3, -0.25) is 4.79 Å². The van der Waals surface area contributed by atoms with E-state index >= 15 is 0 Å². The molecule has 0 spiro atoms. The van der Waals surface area contributed by atoms with Crippen LogP contribution in [-0.2, 0) is 0 Å². The van der Waals surface area contributed by atoms with Crippen molar-refractivity contribution in [1.82, 2.24) is 9.97 Å². The number of fused-ring (bicyclic) bond motifs is 1. The van der Waals surface area contributed by atoms with Crippen molar-refractivity contribution in [3.8, 4) is 0 Å². The Bertz CT molecular complexity index is 332. The van der Waals surface area contributed by atoms with Crippen LogP contribution in [0.5, 0.6) is 0 Å². The topological polar surface area (TPSA) is 77.6 Å². The molecule has 2 rings (SSSR count). The second kappa shape index (κ2) is 1.96. The van der Waals surface area contributed by atoms with E-state index in [2.05, 4.69) is 15.4 Å². The van der Waals surface area contributed by atoms with Gasteiger partial charge in [-0.25, -0.2) is 10.4 Å². The van der Waals surface area contributed by atoms with Crippen LogP contribution in [0.2, 0.25) is 0 Å². The molecule has 11 heavy (non-hydrogen) atoms. The molecule has 0 bridgehead atoms. The van der Waals surface area contributed by atoms with Crippen LogP contribution in [0.25, 0.3) is 0 Å². The Kier molecular flexibility index (Phi) is 1.10. The van der Waals surface area contributed by atoms with Gasteiger partial charge in [0.2, 0.25) is 5.82 Å². The van der Waals surface area contributed by atoms with Gasteiger partial charge < -0.3 is 4.98 Å². The van der Waals surface area contributed by atoms with Gasteiger partial charge in [-0.2, -0.15) is 5.01 Å². The number of aromatic nitrogens is 2. The molecule has 0 unspecified atom stereocenters. The Morgan fingerprint density at radius 3 is 3.27 bits per heavy atom. The molecule has 4 N–H and O–H groups in total. The number of nitrogens with one attached hydrogen (secondary N) is 2. The van der Waals surface area contributed by atoms with Crippen molar-refractivity contribution in [2.24, 2.45) is 0 Å². The highest BCUT2D eigenvalue weighted by Gasteiger charge is 2.22. The molecule has 0 amide bonds. The fraction of sp³-hybridized carbons (Fsp3) is 0.200. The van der Waals surface area contributed by atoms with Crippen LogP contribution in [0.4, 0.5) is 11.5 Å². The minimum atomic E-state index is -0.143. The Balaban J connectivity index is 2.66. The number of hydrogen-bond donors (Lipinski definition) is 3. The lowest BCUT2D eigenvalue weighted by atomic mass is 10.5. The summed E-state index contributed by atoms with van der Waals surface area (Å²) in [6.07, 6.45) is 1.39. The number of nitrogen functional groups attached to an aromatic ring is 1. The largest absolute Gasteiger partial charge is 0.311 e. The zero-order valence-electron chi connectivity index (χ0n) is 5.96. The van der Waals surface area contributed by atoms with Crippen LogP contribution in [0.1, 0.15) is 0 Å². The number of anilines is 2. The fourth-order valence-corrected chi connectivity index (χ4v) is 1.01.